The summed E-state index contributed by atoms with van der Waals surface area (Å²) in [5.41, 5.74) is 9.59. The van der Waals surface area contributed by atoms with Gasteiger partial charge in [0.15, 0.2) is 0 Å². The van der Waals surface area contributed by atoms with Crippen LogP contribution >= 0.6 is 0 Å². The van der Waals surface area contributed by atoms with Gasteiger partial charge in [0.05, 0.1) is 0 Å². The lowest BCUT2D eigenvalue weighted by Gasteiger charge is -2.27. The zero-order chi connectivity index (χ0) is 12.6. The predicted octanol–water partition coefficient (Wildman–Crippen LogP) is 2.25. The molecule has 1 aromatic rings. The maximum absolute atomic E-state index is 11.6. The Morgan fingerprint density at radius 3 is 2.65 bits per heavy atom. The largest absolute Gasteiger partial charge is 0.324 e. The maximum Gasteiger partial charge on any atom is 0.227 e. The molecule has 17 heavy (non-hydrogen) atoms. The highest BCUT2D eigenvalue weighted by Crippen LogP contribution is 2.30. The molecule has 1 amide bonds. The first kappa shape index (κ1) is 12.1. The summed E-state index contributed by atoms with van der Waals surface area (Å²) in [6, 6.07) is 6.29. The standard InChI is InChI=1S/C14H20N2O/c1-9(2)14(15)11-4-6-12-10(8-11)5-7-13(17)16(12)3/h4,6,8-9,14H,5,7,15H2,1-3H3. The van der Waals surface area contributed by atoms with Crippen LogP contribution in [0.25, 0.3) is 0 Å². The Morgan fingerprint density at radius 1 is 1.29 bits per heavy atom. The van der Waals surface area contributed by atoms with Gasteiger partial charge in [0.25, 0.3) is 0 Å². The predicted molar refractivity (Wildman–Crippen MR) is 69.9 cm³/mol. The molecule has 1 atom stereocenters. The molecule has 0 fully saturated rings. The number of aryl methyl sites for hydroxylation is 1. The molecule has 0 aliphatic carbocycles. The lowest BCUT2D eigenvalue weighted by atomic mass is 9.92. The molecule has 0 saturated carbocycles. The van der Waals surface area contributed by atoms with Crippen molar-refractivity contribution in [2.45, 2.75) is 32.7 Å². The van der Waals surface area contributed by atoms with Gasteiger partial charge < -0.3 is 10.6 Å². The highest BCUT2D eigenvalue weighted by atomic mass is 16.2. The fourth-order valence-electron chi connectivity index (χ4n) is 2.27. The van der Waals surface area contributed by atoms with E-state index >= 15 is 0 Å². The molecule has 3 nitrogen and oxygen atoms in total. The highest BCUT2D eigenvalue weighted by Gasteiger charge is 2.22. The SMILES string of the molecule is CC(C)C(N)c1ccc2c(c1)CCC(=O)N2C. The average Bonchev–Trinajstić information content (AvgIpc) is 2.32. The van der Waals surface area contributed by atoms with E-state index in [0.29, 0.717) is 12.3 Å². The van der Waals surface area contributed by atoms with Gasteiger partial charge in [-0.3, -0.25) is 4.79 Å². The van der Waals surface area contributed by atoms with Crippen LogP contribution in [-0.4, -0.2) is 13.0 Å². The Hall–Kier alpha value is -1.35. The summed E-state index contributed by atoms with van der Waals surface area (Å²) in [6.45, 7) is 4.25. The van der Waals surface area contributed by atoms with E-state index in [1.807, 2.05) is 19.2 Å². The topological polar surface area (TPSA) is 46.3 Å². The number of anilines is 1. The average molecular weight is 232 g/mol. The molecule has 0 bridgehead atoms. The number of carbonyl (C=O) groups is 1. The van der Waals surface area contributed by atoms with E-state index in [2.05, 4.69) is 19.9 Å². The first-order valence-corrected chi connectivity index (χ1v) is 6.15. The quantitative estimate of drug-likeness (QED) is 0.850. The zero-order valence-corrected chi connectivity index (χ0v) is 10.7. The van der Waals surface area contributed by atoms with Gasteiger partial charge in [0, 0.05) is 25.2 Å². The van der Waals surface area contributed by atoms with Crippen molar-refractivity contribution < 1.29 is 4.79 Å². The molecule has 3 heteroatoms. The number of fused-ring (bicyclic) bond motifs is 1. The third kappa shape index (κ3) is 2.20. The normalized spacial score (nSPS) is 17.2. The van der Waals surface area contributed by atoms with Gasteiger partial charge in [-0.2, -0.15) is 0 Å². The van der Waals surface area contributed by atoms with Gasteiger partial charge in [-0.05, 0) is 29.5 Å². The Kier molecular flexibility index (Phi) is 3.20. The third-order valence-electron chi connectivity index (χ3n) is 3.55. The van der Waals surface area contributed by atoms with Crippen LogP contribution < -0.4 is 10.6 Å². The molecule has 1 aliphatic rings. The first-order chi connectivity index (χ1) is 8.00. The van der Waals surface area contributed by atoms with Gasteiger partial charge in [-0.15, -0.1) is 0 Å². The number of hydrogen-bond donors (Lipinski definition) is 1. The van der Waals surface area contributed by atoms with Crippen molar-refractivity contribution in [1.82, 2.24) is 0 Å². The van der Waals surface area contributed by atoms with Crippen molar-refractivity contribution in [2.75, 3.05) is 11.9 Å². The lowest BCUT2D eigenvalue weighted by molar-refractivity contribution is -0.118. The van der Waals surface area contributed by atoms with E-state index in [4.69, 9.17) is 5.73 Å². The van der Waals surface area contributed by atoms with Crippen molar-refractivity contribution >= 4 is 11.6 Å². The monoisotopic (exact) mass is 232 g/mol. The molecular weight excluding hydrogens is 212 g/mol. The Bertz CT molecular complexity index is 440. The number of hydrogen-bond acceptors (Lipinski definition) is 2. The summed E-state index contributed by atoms with van der Waals surface area (Å²) >= 11 is 0. The first-order valence-electron chi connectivity index (χ1n) is 6.15. The summed E-state index contributed by atoms with van der Waals surface area (Å²) in [6.07, 6.45) is 1.43. The van der Waals surface area contributed by atoms with Crippen LogP contribution in [0.2, 0.25) is 0 Å². The number of nitrogens with zero attached hydrogens (tertiary/aromatic N) is 1. The van der Waals surface area contributed by atoms with Crippen molar-refractivity contribution in [3.63, 3.8) is 0 Å². The molecule has 1 aromatic carbocycles. The van der Waals surface area contributed by atoms with Gasteiger partial charge in [0.1, 0.15) is 0 Å². The van der Waals surface area contributed by atoms with Crippen molar-refractivity contribution in [1.29, 1.82) is 0 Å². The Morgan fingerprint density at radius 2 is 2.00 bits per heavy atom. The number of benzene rings is 1. The molecule has 92 valence electrons. The van der Waals surface area contributed by atoms with Crippen LogP contribution in [0.5, 0.6) is 0 Å². The van der Waals surface area contributed by atoms with E-state index in [9.17, 15) is 4.79 Å². The number of amides is 1. The summed E-state index contributed by atoms with van der Waals surface area (Å²) in [7, 11) is 1.84. The second-order valence-electron chi connectivity index (χ2n) is 5.11. The minimum atomic E-state index is 0.0724. The van der Waals surface area contributed by atoms with Crippen LogP contribution in [0.1, 0.15) is 37.4 Å². The van der Waals surface area contributed by atoms with Crippen molar-refractivity contribution in [3.8, 4) is 0 Å². The van der Waals surface area contributed by atoms with Crippen molar-refractivity contribution in [2.24, 2.45) is 11.7 Å². The van der Waals surface area contributed by atoms with Crippen LogP contribution in [0.4, 0.5) is 5.69 Å². The van der Waals surface area contributed by atoms with E-state index in [-0.39, 0.29) is 11.9 Å². The van der Waals surface area contributed by atoms with E-state index in [1.165, 1.54) is 11.1 Å². The minimum Gasteiger partial charge on any atom is -0.324 e. The van der Waals surface area contributed by atoms with Crippen LogP contribution in [0, 0.1) is 5.92 Å². The molecule has 1 aliphatic heterocycles. The van der Waals surface area contributed by atoms with Gasteiger partial charge in [0.2, 0.25) is 5.91 Å². The molecule has 0 aromatic heterocycles. The number of carbonyl (C=O) groups excluding carboxylic acids is 1. The zero-order valence-electron chi connectivity index (χ0n) is 10.7. The smallest absolute Gasteiger partial charge is 0.227 e. The number of rotatable bonds is 2. The fourth-order valence-corrected chi connectivity index (χ4v) is 2.27. The van der Waals surface area contributed by atoms with E-state index in [1.54, 1.807) is 4.90 Å². The van der Waals surface area contributed by atoms with E-state index < -0.39 is 0 Å². The molecule has 0 saturated heterocycles. The van der Waals surface area contributed by atoms with Crippen LogP contribution in [0.15, 0.2) is 18.2 Å². The highest BCUT2D eigenvalue weighted by molar-refractivity contribution is 5.95. The summed E-state index contributed by atoms with van der Waals surface area (Å²) in [5.74, 6) is 0.620. The maximum atomic E-state index is 11.6. The minimum absolute atomic E-state index is 0.0724. The third-order valence-corrected chi connectivity index (χ3v) is 3.55. The van der Waals surface area contributed by atoms with E-state index in [0.717, 1.165) is 12.1 Å². The lowest BCUT2D eigenvalue weighted by Crippen LogP contribution is -2.31. The summed E-state index contributed by atoms with van der Waals surface area (Å²) in [4.78, 5) is 13.3. The summed E-state index contributed by atoms with van der Waals surface area (Å²) < 4.78 is 0. The number of nitrogens with two attached hydrogens (primary N) is 1. The Balaban J connectivity index is 2.35. The van der Waals surface area contributed by atoms with Crippen LogP contribution in [-0.2, 0) is 11.2 Å². The van der Waals surface area contributed by atoms with Crippen molar-refractivity contribution in [3.05, 3.63) is 29.3 Å². The summed E-state index contributed by atoms with van der Waals surface area (Å²) in [5, 5.41) is 0. The molecule has 0 spiro atoms. The molecule has 2 N–H and O–H groups in total. The molecule has 1 unspecified atom stereocenters. The van der Waals surface area contributed by atoms with Crippen LogP contribution in [0.3, 0.4) is 0 Å². The molecule has 1 heterocycles. The van der Waals surface area contributed by atoms with Gasteiger partial charge in [-0.1, -0.05) is 26.0 Å². The second kappa shape index (κ2) is 4.49. The Labute approximate surface area is 103 Å². The molecular formula is C14H20N2O. The fraction of sp³-hybridized carbons (Fsp3) is 0.500. The molecule has 0 radical (unpaired) electrons. The molecule has 2 rings (SSSR count). The van der Waals surface area contributed by atoms with Gasteiger partial charge >= 0.3 is 0 Å². The van der Waals surface area contributed by atoms with Gasteiger partial charge in [-0.25, -0.2) is 0 Å². The second-order valence-corrected chi connectivity index (χ2v) is 5.11.